The maximum atomic E-state index is 14.6. The van der Waals surface area contributed by atoms with Crippen LogP contribution in [-0.4, -0.2) is 22.6 Å². The molecule has 1 aromatic heterocycles. The molecule has 0 aliphatic heterocycles. The van der Waals surface area contributed by atoms with Gasteiger partial charge in [0.15, 0.2) is 0 Å². The SMILES string of the molecule is C=C(C)c1[nH]c2ccccc2c1C(CCCC)CNCc1ccc(/C=C/C(=O)NO)cc1F. The number of aromatic nitrogens is 1. The van der Waals surface area contributed by atoms with Crippen LogP contribution in [0.1, 0.15) is 61.4 Å². The Kier molecular flexibility index (Phi) is 8.58. The lowest BCUT2D eigenvalue weighted by molar-refractivity contribution is -0.124. The number of carbonyl (C=O) groups excluding carboxylic acids is 1. The van der Waals surface area contributed by atoms with Crippen LogP contribution >= 0.6 is 0 Å². The van der Waals surface area contributed by atoms with E-state index in [2.05, 4.69) is 42.0 Å². The van der Waals surface area contributed by atoms with Crippen molar-refractivity contribution in [3.05, 3.63) is 83.3 Å². The Labute approximate surface area is 194 Å². The summed E-state index contributed by atoms with van der Waals surface area (Å²) in [5.41, 5.74) is 7.10. The monoisotopic (exact) mass is 449 g/mol. The van der Waals surface area contributed by atoms with Gasteiger partial charge in [-0.3, -0.25) is 10.0 Å². The van der Waals surface area contributed by atoms with Crippen LogP contribution in [0.3, 0.4) is 0 Å². The van der Waals surface area contributed by atoms with Crippen molar-refractivity contribution in [2.75, 3.05) is 6.54 Å². The number of hydroxylamine groups is 1. The van der Waals surface area contributed by atoms with Gasteiger partial charge >= 0.3 is 0 Å². The molecule has 0 fully saturated rings. The standard InChI is InChI=1S/C27H32FN3O2/c1-4-5-8-21(26-22-9-6-7-10-24(22)30-27(26)18(2)3)17-29-16-20-13-11-19(15-23(20)28)12-14-25(32)31-33/h6-7,9-15,21,29-30,33H,2,4-5,8,16-17H2,1,3H3,(H,31,32)/b14-12+. The fraction of sp³-hybridized carbons (Fsp3) is 0.296. The molecule has 1 heterocycles. The molecule has 0 aliphatic rings. The van der Waals surface area contributed by atoms with Crippen LogP contribution in [0, 0.1) is 5.82 Å². The number of unbranched alkanes of at least 4 members (excludes halogenated alkanes) is 1. The first-order valence-corrected chi connectivity index (χ1v) is 11.3. The Morgan fingerprint density at radius 3 is 2.76 bits per heavy atom. The van der Waals surface area contributed by atoms with E-state index >= 15 is 0 Å². The summed E-state index contributed by atoms with van der Waals surface area (Å²) in [4.78, 5) is 14.6. The summed E-state index contributed by atoms with van der Waals surface area (Å²) in [6, 6.07) is 13.2. The number of allylic oxidation sites excluding steroid dienone is 1. The van der Waals surface area contributed by atoms with Gasteiger partial charge in [0.1, 0.15) is 5.82 Å². The second-order valence-electron chi connectivity index (χ2n) is 8.37. The number of amides is 1. The van der Waals surface area contributed by atoms with Crippen LogP contribution < -0.4 is 10.8 Å². The van der Waals surface area contributed by atoms with Gasteiger partial charge in [-0.15, -0.1) is 0 Å². The molecule has 0 aliphatic carbocycles. The van der Waals surface area contributed by atoms with Crippen molar-refractivity contribution in [2.24, 2.45) is 0 Å². The number of hydrogen-bond donors (Lipinski definition) is 4. The summed E-state index contributed by atoms with van der Waals surface area (Å²) < 4.78 is 14.6. The highest BCUT2D eigenvalue weighted by Gasteiger charge is 2.21. The number of carbonyl (C=O) groups is 1. The van der Waals surface area contributed by atoms with Crippen LogP contribution in [-0.2, 0) is 11.3 Å². The van der Waals surface area contributed by atoms with Crippen LogP contribution in [0.15, 0.2) is 55.1 Å². The summed E-state index contributed by atoms with van der Waals surface area (Å²) >= 11 is 0. The Hall–Kier alpha value is -3.22. The van der Waals surface area contributed by atoms with Gasteiger partial charge in [-0.2, -0.15) is 0 Å². The van der Waals surface area contributed by atoms with E-state index in [1.54, 1.807) is 12.1 Å². The van der Waals surface area contributed by atoms with Crippen molar-refractivity contribution >= 4 is 28.5 Å². The molecule has 6 heteroatoms. The van der Waals surface area contributed by atoms with Crippen LogP contribution in [0.25, 0.3) is 22.6 Å². The van der Waals surface area contributed by atoms with Gasteiger partial charge in [0.25, 0.3) is 5.91 Å². The van der Waals surface area contributed by atoms with E-state index < -0.39 is 5.91 Å². The van der Waals surface area contributed by atoms with Crippen LogP contribution in [0.4, 0.5) is 4.39 Å². The van der Waals surface area contributed by atoms with Crippen LogP contribution in [0.2, 0.25) is 0 Å². The Morgan fingerprint density at radius 1 is 1.27 bits per heavy atom. The average molecular weight is 450 g/mol. The molecule has 0 spiro atoms. The van der Waals surface area contributed by atoms with Crippen LogP contribution in [0.5, 0.6) is 0 Å². The minimum absolute atomic E-state index is 0.273. The van der Waals surface area contributed by atoms with Gasteiger partial charge in [-0.1, -0.05) is 56.7 Å². The van der Waals surface area contributed by atoms with E-state index in [4.69, 9.17) is 5.21 Å². The lowest BCUT2D eigenvalue weighted by Gasteiger charge is -2.20. The highest BCUT2D eigenvalue weighted by molar-refractivity contribution is 5.91. The number of rotatable bonds is 11. The molecule has 5 nitrogen and oxygen atoms in total. The molecule has 1 unspecified atom stereocenters. The Bertz CT molecular complexity index is 1150. The molecule has 0 radical (unpaired) electrons. The molecular weight excluding hydrogens is 417 g/mol. The average Bonchev–Trinajstić information content (AvgIpc) is 3.20. The maximum Gasteiger partial charge on any atom is 0.267 e. The molecule has 4 N–H and O–H groups in total. The molecule has 3 rings (SSSR count). The number of fused-ring (bicyclic) bond motifs is 1. The quantitative estimate of drug-likeness (QED) is 0.167. The molecule has 1 atom stereocenters. The molecule has 0 saturated carbocycles. The first kappa shape index (κ1) is 24.4. The van der Waals surface area contributed by atoms with Crippen molar-refractivity contribution in [3.63, 3.8) is 0 Å². The van der Waals surface area contributed by atoms with Crippen molar-refractivity contribution in [3.8, 4) is 0 Å². The van der Waals surface area contributed by atoms with E-state index in [1.165, 1.54) is 28.6 Å². The van der Waals surface area contributed by atoms with Gasteiger partial charge < -0.3 is 10.3 Å². The Morgan fingerprint density at radius 2 is 2.06 bits per heavy atom. The number of hydrogen-bond acceptors (Lipinski definition) is 3. The number of nitrogens with one attached hydrogen (secondary N) is 3. The van der Waals surface area contributed by atoms with E-state index in [-0.39, 0.29) is 11.7 Å². The minimum atomic E-state index is -0.661. The molecule has 1 amide bonds. The highest BCUT2D eigenvalue weighted by atomic mass is 19.1. The zero-order valence-corrected chi connectivity index (χ0v) is 19.2. The molecule has 2 aromatic carbocycles. The number of para-hydroxylation sites is 1. The summed E-state index contributed by atoms with van der Waals surface area (Å²) in [5, 5.41) is 13.2. The van der Waals surface area contributed by atoms with Gasteiger partial charge in [-0.05, 0) is 54.2 Å². The van der Waals surface area contributed by atoms with E-state index in [1.807, 2.05) is 13.0 Å². The lowest BCUT2D eigenvalue weighted by Crippen LogP contribution is -2.22. The predicted molar refractivity (Wildman–Crippen MR) is 132 cm³/mol. The first-order chi connectivity index (χ1) is 15.9. The largest absolute Gasteiger partial charge is 0.355 e. The smallest absolute Gasteiger partial charge is 0.267 e. The molecule has 174 valence electrons. The van der Waals surface area contributed by atoms with E-state index in [0.717, 1.165) is 48.7 Å². The van der Waals surface area contributed by atoms with Crippen molar-refractivity contribution in [1.82, 2.24) is 15.8 Å². The summed E-state index contributed by atoms with van der Waals surface area (Å²) in [6.45, 7) is 9.51. The van der Waals surface area contributed by atoms with E-state index in [0.29, 0.717) is 17.7 Å². The fourth-order valence-corrected chi connectivity index (χ4v) is 4.12. The minimum Gasteiger partial charge on any atom is -0.355 e. The number of aromatic amines is 1. The molecule has 3 aromatic rings. The van der Waals surface area contributed by atoms with Gasteiger partial charge in [0.05, 0.1) is 0 Å². The molecule has 33 heavy (non-hydrogen) atoms. The maximum absolute atomic E-state index is 14.6. The topological polar surface area (TPSA) is 77.2 Å². The number of halogens is 1. The lowest BCUT2D eigenvalue weighted by atomic mass is 9.89. The second-order valence-corrected chi connectivity index (χ2v) is 8.37. The van der Waals surface area contributed by atoms with Crippen molar-refractivity contribution < 1.29 is 14.4 Å². The highest BCUT2D eigenvalue weighted by Crippen LogP contribution is 2.35. The van der Waals surface area contributed by atoms with Gasteiger partial charge in [-0.25, -0.2) is 9.87 Å². The normalized spacial score (nSPS) is 12.4. The van der Waals surface area contributed by atoms with Crippen molar-refractivity contribution in [2.45, 2.75) is 45.6 Å². The van der Waals surface area contributed by atoms with Crippen molar-refractivity contribution in [1.29, 1.82) is 0 Å². The Balaban J connectivity index is 1.76. The summed E-state index contributed by atoms with van der Waals surface area (Å²) in [6.07, 6.45) is 5.84. The number of H-pyrrole nitrogens is 1. The molecule has 0 saturated heterocycles. The van der Waals surface area contributed by atoms with Gasteiger partial charge in [0.2, 0.25) is 0 Å². The zero-order valence-electron chi connectivity index (χ0n) is 19.2. The molecular formula is C27H32FN3O2. The second kappa shape index (κ2) is 11.6. The fourth-order valence-electron chi connectivity index (χ4n) is 4.12. The summed E-state index contributed by atoms with van der Waals surface area (Å²) in [7, 11) is 0. The third kappa shape index (κ3) is 6.18. The van der Waals surface area contributed by atoms with E-state index in [9.17, 15) is 9.18 Å². The zero-order chi connectivity index (χ0) is 23.8. The number of benzene rings is 2. The third-order valence-corrected chi connectivity index (χ3v) is 5.81. The third-order valence-electron chi connectivity index (χ3n) is 5.81. The predicted octanol–water partition coefficient (Wildman–Crippen LogP) is 5.92. The summed E-state index contributed by atoms with van der Waals surface area (Å²) in [5.74, 6) is -0.727. The first-order valence-electron chi connectivity index (χ1n) is 11.3. The van der Waals surface area contributed by atoms with Gasteiger partial charge in [0, 0.05) is 41.3 Å². The molecule has 0 bridgehead atoms.